The largest absolute Gasteiger partial charge is 0.255 e. The van der Waals surface area contributed by atoms with Crippen LogP contribution in [0.2, 0.25) is 0 Å². The smallest absolute Gasteiger partial charge is 0.239 e. The standard InChI is InChI=1S/C20H20N2O2S/c1-14-3-5-15(6-4-14)17-11-20(9-2-10-20)12-18(17)19-8-7-16(13-22-19)25(21,23)24/h3-8,11-13H,2,9-10H2,1H3,(H2,21,23,24). The fraction of sp³-hybridized carbons (Fsp3) is 0.250. The second-order valence-electron chi connectivity index (χ2n) is 6.99. The molecule has 2 aromatic rings. The molecule has 0 saturated heterocycles. The quantitative estimate of drug-likeness (QED) is 0.915. The molecule has 2 N–H and O–H groups in total. The first-order valence-corrected chi connectivity index (χ1v) is 9.93. The van der Waals surface area contributed by atoms with Crippen LogP contribution in [0.15, 0.2) is 59.6 Å². The summed E-state index contributed by atoms with van der Waals surface area (Å²) < 4.78 is 22.9. The molecule has 2 aliphatic carbocycles. The summed E-state index contributed by atoms with van der Waals surface area (Å²) in [6, 6.07) is 11.7. The van der Waals surface area contributed by atoms with Gasteiger partial charge in [-0.15, -0.1) is 0 Å². The normalized spacial score (nSPS) is 18.6. The van der Waals surface area contributed by atoms with Gasteiger partial charge in [-0.05, 0) is 43.0 Å². The van der Waals surface area contributed by atoms with Gasteiger partial charge >= 0.3 is 0 Å². The zero-order valence-electron chi connectivity index (χ0n) is 14.1. The Morgan fingerprint density at radius 3 is 2.20 bits per heavy atom. The van der Waals surface area contributed by atoms with Crippen LogP contribution in [0, 0.1) is 12.3 Å². The lowest BCUT2D eigenvalue weighted by Crippen LogP contribution is -2.22. The van der Waals surface area contributed by atoms with E-state index in [-0.39, 0.29) is 10.3 Å². The van der Waals surface area contributed by atoms with Gasteiger partial charge in [0.25, 0.3) is 0 Å². The first kappa shape index (κ1) is 16.2. The van der Waals surface area contributed by atoms with Gasteiger partial charge < -0.3 is 0 Å². The highest BCUT2D eigenvalue weighted by Gasteiger charge is 2.38. The zero-order valence-corrected chi connectivity index (χ0v) is 14.9. The highest BCUT2D eigenvalue weighted by molar-refractivity contribution is 7.89. The number of pyridine rings is 1. The molecule has 5 heteroatoms. The predicted molar refractivity (Wildman–Crippen MR) is 99.0 cm³/mol. The van der Waals surface area contributed by atoms with E-state index in [1.807, 2.05) is 0 Å². The Balaban J connectivity index is 1.77. The number of sulfonamides is 1. The van der Waals surface area contributed by atoms with Crippen molar-refractivity contribution in [3.05, 3.63) is 71.6 Å². The molecular formula is C20H20N2O2S. The van der Waals surface area contributed by atoms with Gasteiger partial charge in [0.05, 0.1) is 5.69 Å². The topological polar surface area (TPSA) is 73.1 Å². The van der Waals surface area contributed by atoms with Gasteiger partial charge in [0.15, 0.2) is 0 Å². The van der Waals surface area contributed by atoms with Gasteiger partial charge in [0.2, 0.25) is 10.0 Å². The predicted octanol–water partition coefficient (Wildman–Crippen LogP) is 3.69. The number of aromatic nitrogens is 1. The SMILES string of the molecule is Cc1ccc(C2=CC3(C=C2c2ccc(S(N)(=O)=O)cn2)CCC3)cc1. The van der Waals surface area contributed by atoms with E-state index in [0.717, 1.165) is 29.7 Å². The summed E-state index contributed by atoms with van der Waals surface area (Å²) >= 11 is 0. The number of nitrogens with two attached hydrogens (primary N) is 1. The molecule has 4 rings (SSSR count). The Labute approximate surface area is 148 Å². The molecule has 1 saturated carbocycles. The van der Waals surface area contributed by atoms with E-state index in [2.05, 4.69) is 48.3 Å². The Kier molecular flexibility index (Phi) is 3.67. The number of hydrogen-bond donors (Lipinski definition) is 1. The van der Waals surface area contributed by atoms with Gasteiger partial charge in [-0.2, -0.15) is 0 Å². The van der Waals surface area contributed by atoms with E-state index in [9.17, 15) is 8.42 Å². The number of rotatable bonds is 3. The maximum Gasteiger partial charge on any atom is 0.239 e. The third-order valence-electron chi connectivity index (χ3n) is 5.14. The summed E-state index contributed by atoms with van der Waals surface area (Å²) in [6.45, 7) is 2.07. The molecule has 2 aliphatic rings. The highest BCUT2D eigenvalue weighted by atomic mass is 32.2. The van der Waals surface area contributed by atoms with Crippen LogP contribution in [-0.2, 0) is 10.0 Å². The summed E-state index contributed by atoms with van der Waals surface area (Å²) in [5, 5.41) is 5.17. The van der Waals surface area contributed by atoms with Crippen LogP contribution in [0.25, 0.3) is 11.1 Å². The Hall–Kier alpha value is -2.24. The second-order valence-corrected chi connectivity index (χ2v) is 8.55. The van der Waals surface area contributed by atoms with Gasteiger partial charge in [-0.25, -0.2) is 13.6 Å². The molecule has 25 heavy (non-hydrogen) atoms. The fourth-order valence-corrected chi connectivity index (χ4v) is 3.99. The van der Waals surface area contributed by atoms with Crippen LogP contribution in [0.4, 0.5) is 0 Å². The van der Waals surface area contributed by atoms with Crippen molar-refractivity contribution >= 4 is 21.2 Å². The zero-order chi connectivity index (χ0) is 17.7. The van der Waals surface area contributed by atoms with E-state index < -0.39 is 10.0 Å². The minimum absolute atomic E-state index is 0.0362. The van der Waals surface area contributed by atoms with Crippen LogP contribution in [0.5, 0.6) is 0 Å². The Bertz CT molecular complexity index is 981. The summed E-state index contributed by atoms with van der Waals surface area (Å²) in [7, 11) is -3.73. The van der Waals surface area contributed by atoms with Crippen molar-refractivity contribution in [2.75, 3.05) is 0 Å². The van der Waals surface area contributed by atoms with Crippen LogP contribution in [-0.4, -0.2) is 13.4 Å². The van der Waals surface area contributed by atoms with E-state index >= 15 is 0 Å². The van der Waals surface area contributed by atoms with Crippen molar-refractivity contribution in [2.24, 2.45) is 10.6 Å². The molecule has 1 fully saturated rings. The van der Waals surface area contributed by atoms with E-state index in [4.69, 9.17) is 5.14 Å². The number of hydrogen-bond acceptors (Lipinski definition) is 3. The molecule has 1 spiro atoms. The molecule has 1 aromatic heterocycles. The maximum atomic E-state index is 11.5. The average Bonchev–Trinajstić information content (AvgIpc) is 2.96. The third kappa shape index (κ3) is 2.94. The molecule has 4 nitrogen and oxygen atoms in total. The number of aryl methyl sites for hydroxylation is 1. The maximum absolute atomic E-state index is 11.5. The molecule has 1 heterocycles. The molecule has 0 radical (unpaired) electrons. The molecule has 128 valence electrons. The fourth-order valence-electron chi connectivity index (χ4n) is 3.54. The monoisotopic (exact) mass is 352 g/mol. The molecule has 1 aromatic carbocycles. The van der Waals surface area contributed by atoms with Crippen LogP contribution in [0.1, 0.15) is 36.1 Å². The van der Waals surface area contributed by atoms with E-state index in [0.29, 0.717) is 0 Å². The molecule has 0 bridgehead atoms. The number of allylic oxidation sites excluding steroid dienone is 4. The van der Waals surface area contributed by atoms with Gasteiger partial charge in [-0.3, -0.25) is 4.98 Å². The first-order valence-electron chi connectivity index (χ1n) is 8.39. The average molecular weight is 352 g/mol. The summed E-state index contributed by atoms with van der Waals surface area (Å²) in [6.07, 6.45) is 9.53. The van der Waals surface area contributed by atoms with E-state index in [1.54, 1.807) is 6.07 Å². The lowest BCUT2D eigenvalue weighted by Gasteiger charge is -2.34. The van der Waals surface area contributed by atoms with E-state index in [1.165, 1.54) is 29.8 Å². The lowest BCUT2D eigenvalue weighted by atomic mass is 9.70. The van der Waals surface area contributed by atoms with Crippen LogP contribution >= 0.6 is 0 Å². The molecular weight excluding hydrogens is 332 g/mol. The van der Waals surface area contributed by atoms with Crippen molar-refractivity contribution in [1.29, 1.82) is 0 Å². The molecule has 0 aliphatic heterocycles. The molecule has 0 atom stereocenters. The van der Waals surface area contributed by atoms with Crippen molar-refractivity contribution in [2.45, 2.75) is 31.1 Å². The van der Waals surface area contributed by atoms with Crippen molar-refractivity contribution in [1.82, 2.24) is 4.98 Å². The van der Waals surface area contributed by atoms with Crippen molar-refractivity contribution < 1.29 is 8.42 Å². The molecule has 0 unspecified atom stereocenters. The minimum atomic E-state index is -3.73. The second kappa shape index (κ2) is 5.64. The Morgan fingerprint density at radius 2 is 1.68 bits per heavy atom. The van der Waals surface area contributed by atoms with Crippen molar-refractivity contribution in [3.63, 3.8) is 0 Å². The number of nitrogens with zero attached hydrogens (tertiary/aromatic N) is 1. The third-order valence-corrected chi connectivity index (χ3v) is 6.04. The number of primary sulfonamides is 1. The number of benzene rings is 1. The lowest BCUT2D eigenvalue weighted by molar-refractivity contribution is 0.282. The Morgan fingerprint density at radius 1 is 1.00 bits per heavy atom. The first-order chi connectivity index (χ1) is 11.9. The van der Waals surface area contributed by atoms with Crippen LogP contribution in [0.3, 0.4) is 0 Å². The highest BCUT2D eigenvalue weighted by Crippen LogP contribution is 2.53. The summed E-state index contributed by atoms with van der Waals surface area (Å²) in [4.78, 5) is 4.41. The summed E-state index contributed by atoms with van der Waals surface area (Å²) in [5.41, 5.74) is 5.55. The molecule has 0 amide bonds. The van der Waals surface area contributed by atoms with Gasteiger partial charge in [0, 0.05) is 17.2 Å². The minimum Gasteiger partial charge on any atom is -0.255 e. The summed E-state index contributed by atoms with van der Waals surface area (Å²) in [5.74, 6) is 0. The van der Waals surface area contributed by atoms with Crippen molar-refractivity contribution in [3.8, 4) is 0 Å². The van der Waals surface area contributed by atoms with Crippen LogP contribution < -0.4 is 5.14 Å². The van der Waals surface area contributed by atoms with Gasteiger partial charge in [-0.1, -0.05) is 48.4 Å². The van der Waals surface area contributed by atoms with Gasteiger partial charge in [0.1, 0.15) is 4.90 Å².